The average molecular weight is 736 g/mol. The van der Waals surface area contributed by atoms with Crippen LogP contribution >= 0.6 is 23.2 Å². The Bertz CT molecular complexity index is 1790. The van der Waals surface area contributed by atoms with Crippen LogP contribution < -0.4 is 20.1 Å². The van der Waals surface area contributed by atoms with Crippen molar-refractivity contribution >= 4 is 182 Å². The van der Waals surface area contributed by atoms with Crippen LogP contribution in [0.5, 0.6) is 12.0 Å². The van der Waals surface area contributed by atoms with Gasteiger partial charge in [-0.15, -0.1) is 0 Å². The van der Waals surface area contributed by atoms with Crippen LogP contribution in [0.25, 0.3) is 12.2 Å². The average Bonchev–Trinajstić information content (AvgIpc) is 2.91. The first-order valence-corrected chi connectivity index (χ1v) is 14.7. The first-order valence-electron chi connectivity index (χ1n) is 11.1. The van der Waals surface area contributed by atoms with Gasteiger partial charge in [-0.3, -0.25) is 9.11 Å². The largest absolute Gasteiger partial charge is 0.467 e. The van der Waals surface area contributed by atoms with Crippen molar-refractivity contribution in [2.24, 2.45) is 0 Å². The maximum Gasteiger partial charge on any atom is 0.322 e. The molecule has 44 heavy (non-hydrogen) atoms. The first kappa shape index (κ1) is 39.3. The van der Waals surface area contributed by atoms with Gasteiger partial charge in [-0.25, -0.2) is 0 Å². The maximum atomic E-state index is 12.2. The third-order valence-corrected chi connectivity index (χ3v) is 7.23. The number of benzene rings is 2. The van der Waals surface area contributed by atoms with E-state index in [4.69, 9.17) is 32.7 Å². The summed E-state index contributed by atoms with van der Waals surface area (Å²) < 4.78 is 78.2. The topological polar surface area (TPSA) is 229 Å². The second-order valence-corrected chi connectivity index (χ2v) is 11.3. The first-order chi connectivity index (χ1) is 19.7. The van der Waals surface area contributed by atoms with Gasteiger partial charge in [-0.1, -0.05) is 24.3 Å². The standard InChI is InChI=1S/C22H18Cl2N8O8S2.2K/c1-39-21-29-17(23)27-19(31-21)25-13-7-5-11(15(9-13)41(33,34)35)3-4-12-6-8-14(10-16(12)42(36,37)38)26-20-28-18(24)30-22(32-20)40-2;;/h3-10H,1-2H3,(H,33,34,35)(H,36,37,38)(H,25,27,29,31)(H,26,28,30,32);;. The van der Waals surface area contributed by atoms with Crippen molar-refractivity contribution in [1.29, 1.82) is 0 Å². The van der Waals surface area contributed by atoms with Gasteiger partial charge in [0.15, 0.2) is 0 Å². The number of rotatable bonds is 10. The third kappa shape index (κ3) is 10.8. The summed E-state index contributed by atoms with van der Waals surface area (Å²) in [6.07, 6.45) is 2.45. The number of ether oxygens (including phenoxy) is 2. The van der Waals surface area contributed by atoms with Gasteiger partial charge >= 0.3 is 12.0 Å². The van der Waals surface area contributed by atoms with E-state index < -0.39 is 30.0 Å². The van der Waals surface area contributed by atoms with Gasteiger partial charge in [-0.2, -0.15) is 46.7 Å². The Labute approximate surface area is 346 Å². The molecule has 0 amide bonds. The summed E-state index contributed by atoms with van der Waals surface area (Å²) in [7, 11) is -6.93. The van der Waals surface area contributed by atoms with Crippen LogP contribution in [0.3, 0.4) is 0 Å². The van der Waals surface area contributed by atoms with Gasteiger partial charge in [0, 0.05) is 114 Å². The van der Waals surface area contributed by atoms with Crippen molar-refractivity contribution in [1.82, 2.24) is 29.9 Å². The summed E-state index contributed by atoms with van der Waals surface area (Å²) in [6, 6.07) is 7.49. The second-order valence-electron chi connectivity index (χ2n) is 7.87. The SMILES string of the molecule is COc1nc(Cl)nc(Nc2ccc(C=Cc3ccc(Nc4nc(Cl)nc(OC)n4)cc3S(=O)(=O)O)c(S(=O)(=O)O)c2)n1.[K].[K]. The maximum absolute atomic E-state index is 12.2. The number of halogens is 2. The van der Waals surface area contributed by atoms with E-state index in [1.165, 1.54) is 50.6 Å². The zero-order valence-electron chi connectivity index (χ0n) is 23.2. The van der Waals surface area contributed by atoms with Gasteiger partial charge in [0.1, 0.15) is 9.79 Å². The van der Waals surface area contributed by atoms with Crippen molar-refractivity contribution in [3.8, 4) is 12.0 Å². The molecule has 0 fully saturated rings. The number of aromatic nitrogens is 6. The quantitative estimate of drug-likeness (QED) is 0.104. The van der Waals surface area contributed by atoms with Crippen LogP contribution in [0.2, 0.25) is 10.6 Å². The minimum absolute atomic E-state index is 0. The van der Waals surface area contributed by atoms with E-state index >= 15 is 0 Å². The zero-order chi connectivity index (χ0) is 30.7. The normalized spacial score (nSPS) is 11.3. The molecule has 0 bridgehead atoms. The predicted octanol–water partition coefficient (Wildman–Crippen LogP) is 2.77. The molecule has 0 atom stereocenters. The van der Waals surface area contributed by atoms with Crippen LogP contribution in [0.4, 0.5) is 23.3 Å². The molecule has 0 saturated heterocycles. The Kier molecular flexibility index (Phi) is 15.0. The fourth-order valence-electron chi connectivity index (χ4n) is 3.34. The summed E-state index contributed by atoms with van der Waals surface area (Å²) in [5.41, 5.74) is 0.246. The molecule has 2 aromatic carbocycles. The van der Waals surface area contributed by atoms with E-state index in [2.05, 4.69) is 40.5 Å². The van der Waals surface area contributed by atoms with Crippen molar-refractivity contribution in [3.05, 3.63) is 58.1 Å². The Morgan fingerprint density at radius 1 is 0.659 bits per heavy atom. The molecule has 0 unspecified atom stereocenters. The molecular formula is C22H18Cl2K2N8O8S2. The zero-order valence-corrected chi connectivity index (χ0v) is 32.6. The number of nitrogens with zero attached hydrogens (tertiary/aromatic N) is 6. The molecule has 0 aliphatic heterocycles. The summed E-state index contributed by atoms with van der Waals surface area (Å²) >= 11 is 11.7. The summed E-state index contributed by atoms with van der Waals surface area (Å²) in [5, 5.41) is 5.07. The molecule has 22 heteroatoms. The summed E-state index contributed by atoms with van der Waals surface area (Å²) in [5.74, 6) is -0.137. The van der Waals surface area contributed by atoms with E-state index in [0.29, 0.717) is 0 Å². The minimum Gasteiger partial charge on any atom is -0.467 e. The van der Waals surface area contributed by atoms with Crippen LogP contribution in [0.15, 0.2) is 46.2 Å². The van der Waals surface area contributed by atoms with Crippen LogP contribution in [0.1, 0.15) is 11.1 Å². The van der Waals surface area contributed by atoms with Gasteiger partial charge in [0.25, 0.3) is 20.2 Å². The van der Waals surface area contributed by atoms with E-state index in [1.54, 1.807) is 0 Å². The van der Waals surface area contributed by atoms with Crippen LogP contribution in [-0.4, -0.2) is 173 Å². The second kappa shape index (κ2) is 16.8. The smallest absolute Gasteiger partial charge is 0.322 e. The number of anilines is 4. The number of hydrogen-bond acceptors (Lipinski definition) is 14. The van der Waals surface area contributed by atoms with Crippen molar-refractivity contribution in [3.63, 3.8) is 0 Å². The molecule has 4 aromatic rings. The van der Waals surface area contributed by atoms with Crippen LogP contribution in [-0.2, 0) is 20.2 Å². The monoisotopic (exact) mass is 734 g/mol. The molecule has 2 aromatic heterocycles. The molecule has 16 nitrogen and oxygen atoms in total. The molecule has 4 N–H and O–H groups in total. The van der Waals surface area contributed by atoms with Crippen molar-refractivity contribution in [2.75, 3.05) is 24.9 Å². The van der Waals surface area contributed by atoms with E-state index in [0.717, 1.165) is 12.1 Å². The minimum atomic E-state index is -4.78. The molecule has 0 aliphatic carbocycles. The van der Waals surface area contributed by atoms with Gasteiger partial charge in [-0.05, 0) is 58.6 Å². The molecule has 4 rings (SSSR count). The summed E-state index contributed by atoms with van der Waals surface area (Å²) in [6.45, 7) is 0. The van der Waals surface area contributed by atoms with E-state index in [9.17, 15) is 25.9 Å². The Morgan fingerprint density at radius 3 is 1.34 bits per heavy atom. The summed E-state index contributed by atoms with van der Waals surface area (Å²) in [4.78, 5) is 22.0. The van der Waals surface area contributed by atoms with Crippen molar-refractivity contribution < 1.29 is 35.4 Å². The molecule has 0 aliphatic rings. The molecule has 0 saturated carbocycles. The third-order valence-electron chi connectivity index (χ3n) is 5.08. The van der Waals surface area contributed by atoms with Gasteiger partial charge < -0.3 is 20.1 Å². The fraction of sp³-hybridized carbons (Fsp3) is 0.0909. The Morgan fingerprint density at radius 2 is 1.02 bits per heavy atom. The molecule has 222 valence electrons. The van der Waals surface area contributed by atoms with E-state index in [1.807, 2.05) is 0 Å². The van der Waals surface area contributed by atoms with Gasteiger partial charge in [0.2, 0.25) is 22.5 Å². The predicted molar refractivity (Wildman–Crippen MR) is 162 cm³/mol. The van der Waals surface area contributed by atoms with Gasteiger partial charge in [0.05, 0.1) is 14.2 Å². The molecule has 2 heterocycles. The number of methoxy groups -OCH3 is 2. The molecular weight excluding hydrogens is 718 g/mol. The molecule has 0 spiro atoms. The van der Waals surface area contributed by atoms with Crippen molar-refractivity contribution in [2.45, 2.75) is 9.79 Å². The molecule has 2 radical (unpaired) electrons. The Balaban J connectivity index is 0.00000337. The van der Waals surface area contributed by atoms with Crippen LogP contribution in [0, 0.1) is 0 Å². The fourth-order valence-corrected chi connectivity index (χ4v) is 5.07. The van der Waals surface area contributed by atoms with E-state index in [-0.39, 0.29) is 160 Å². The Hall–Kier alpha value is -0.927. The number of hydrogen-bond donors (Lipinski definition) is 4. The number of nitrogens with one attached hydrogen (secondary N) is 2.